The van der Waals surface area contributed by atoms with Crippen LogP contribution in [0.5, 0.6) is 5.75 Å². The molecule has 0 spiro atoms. The Bertz CT molecular complexity index is 1270. The molecule has 0 fully saturated rings. The van der Waals surface area contributed by atoms with Gasteiger partial charge in [-0.25, -0.2) is 4.90 Å². The van der Waals surface area contributed by atoms with Crippen LogP contribution >= 0.6 is 0 Å². The lowest BCUT2D eigenvalue weighted by molar-refractivity contribution is -0.274. The summed E-state index contributed by atoms with van der Waals surface area (Å²) in [6.07, 6.45) is -4.90. The monoisotopic (exact) mass is 452 g/mol. The maximum Gasteiger partial charge on any atom is 0.573 e. The van der Waals surface area contributed by atoms with Crippen molar-refractivity contribution in [3.05, 3.63) is 95.2 Å². The van der Waals surface area contributed by atoms with Crippen molar-refractivity contribution in [2.75, 3.05) is 10.2 Å². The maximum atomic E-state index is 13.4. The third-order valence-corrected chi connectivity index (χ3v) is 5.32. The van der Waals surface area contributed by atoms with Crippen molar-refractivity contribution in [3.8, 4) is 5.75 Å². The number of hydrogen-bond acceptors (Lipinski definition) is 4. The average Bonchev–Trinajstić information content (AvgIpc) is 3.00. The largest absolute Gasteiger partial charge is 0.573 e. The topological polar surface area (TPSA) is 58.6 Å². The Hall–Kier alpha value is -4.07. The van der Waals surface area contributed by atoms with Crippen molar-refractivity contribution >= 4 is 28.8 Å². The van der Waals surface area contributed by atoms with Gasteiger partial charge in [-0.1, -0.05) is 48.5 Å². The highest BCUT2D eigenvalue weighted by atomic mass is 19.4. The van der Waals surface area contributed by atoms with Crippen LogP contribution in [0.1, 0.15) is 16.7 Å². The Labute approximate surface area is 188 Å². The summed E-state index contributed by atoms with van der Waals surface area (Å²) in [4.78, 5) is 27.7. The molecule has 8 heteroatoms. The summed E-state index contributed by atoms with van der Waals surface area (Å²) < 4.78 is 42.0. The first-order chi connectivity index (χ1) is 15.7. The van der Waals surface area contributed by atoms with E-state index in [4.69, 9.17) is 0 Å². The second-order valence-corrected chi connectivity index (χ2v) is 7.48. The summed E-state index contributed by atoms with van der Waals surface area (Å²) >= 11 is 0. The van der Waals surface area contributed by atoms with Gasteiger partial charge in [0.25, 0.3) is 11.8 Å². The number of benzene rings is 3. The van der Waals surface area contributed by atoms with E-state index in [0.29, 0.717) is 11.3 Å². The molecule has 0 radical (unpaired) electrons. The van der Waals surface area contributed by atoms with Crippen LogP contribution in [-0.4, -0.2) is 18.2 Å². The van der Waals surface area contributed by atoms with Crippen LogP contribution in [-0.2, 0) is 9.59 Å². The first kappa shape index (κ1) is 22.1. The lowest BCUT2D eigenvalue weighted by Crippen LogP contribution is -2.32. The fraction of sp³-hybridized carbons (Fsp3) is 0.120. The highest BCUT2D eigenvalue weighted by Crippen LogP contribution is 2.36. The first-order valence-electron chi connectivity index (χ1n) is 10.0. The van der Waals surface area contributed by atoms with Gasteiger partial charge in [-0.15, -0.1) is 13.2 Å². The van der Waals surface area contributed by atoms with Gasteiger partial charge in [0.1, 0.15) is 11.4 Å². The number of anilines is 2. The van der Waals surface area contributed by atoms with Gasteiger partial charge in [-0.2, -0.15) is 0 Å². The third-order valence-electron chi connectivity index (χ3n) is 5.32. The molecule has 1 aliphatic rings. The Kier molecular flexibility index (Phi) is 5.68. The molecule has 1 heterocycles. The van der Waals surface area contributed by atoms with Crippen LogP contribution in [0.4, 0.5) is 24.5 Å². The van der Waals surface area contributed by atoms with Crippen LogP contribution < -0.4 is 15.0 Å². The van der Waals surface area contributed by atoms with Gasteiger partial charge in [-0.05, 0) is 48.7 Å². The zero-order valence-corrected chi connectivity index (χ0v) is 17.7. The van der Waals surface area contributed by atoms with Crippen LogP contribution in [0.15, 0.2) is 78.5 Å². The number of carbonyl (C=O) groups is 2. The lowest BCUT2D eigenvalue weighted by Gasteiger charge is -2.17. The Morgan fingerprint density at radius 3 is 2.24 bits per heavy atom. The van der Waals surface area contributed by atoms with Crippen LogP contribution in [0.2, 0.25) is 0 Å². The van der Waals surface area contributed by atoms with Gasteiger partial charge in [0.15, 0.2) is 0 Å². The molecule has 1 aliphatic heterocycles. The minimum Gasteiger partial charge on any atom is -0.406 e. The highest BCUT2D eigenvalue weighted by molar-refractivity contribution is 6.46. The number of nitrogens with zero attached hydrogens (tertiary/aromatic N) is 1. The molecule has 5 nitrogen and oxygen atoms in total. The van der Waals surface area contributed by atoms with E-state index in [2.05, 4.69) is 10.1 Å². The van der Waals surface area contributed by atoms with E-state index in [9.17, 15) is 22.8 Å². The van der Waals surface area contributed by atoms with E-state index in [1.54, 1.807) is 36.4 Å². The van der Waals surface area contributed by atoms with Crippen molar-refractivity contribution < 1.29 is 27.5 Å². The normalized spacial score (nSPS) is 14.2. The number of halogens is 3. The third kappa shape index (κ3) is 4.45. The minimum atomic E-state index is -4.90. The number of amides is 2. The summed E-state index contributed by atoms with van der Waals surface area (Å²) in [7, 11) is 0. The van der Waals surface area contributed by atoms with E-state index in [0.717, 1.165) is 28.2 Å². The van der Waals surface area contributed by atoms with Crippen molar-refractivity contribution in [1.82, 2.24) is 0 Å². The maximum absolute atomic E-state index is 13.4. The van der Waals surface area contributed by atoms with E-state index >= 15 is 0 Å². The van der Waals surface area contributed by atoms with Crippen molar-refractivity contribution in [1.29, 1.82) is 0 Å². The first-order valence-corrected chi connectivity index (χ1v) is 10.0. The van der Waals surface area contributed by atoms with Gasteiger partial charge in [-0.3, -0.25) is 9.59 Å². The molecule has 0 aromatic heterocycles. The molecule has 3 aromatic rings. The molecule has 0 atom stereocenters. The quantitative estimate of drug-likeness (QED) is 0.512. The molecular formula is C25H19F3N2O3. The summed E-state index contributed by atoms with van der Waals surface area (Å²) in [6, 6.07) is 18.9. The number of carbonyl (C=O) groups excluding carboxylic acids is 2. The van der Waals surface area contributed by atoms with E-state index in [-0.39, 0.29) is 17.0 Å². The summed E-state index contributed by atoms with van der Waals surface area (Å²) in [5, 5.41) is 3.09. The summed E-state index contributed by atoms with van der Waals surface area (Å²) in [5.74, 6) is -1.86. The molecule has 0 unspecified atom stereocenters. The van der Waals surface area contributed by atoms with Gasteiger partial charge in [0, 0.05) is 11.8 Å². The second kappa shape index (κ2) is 8.46. The molecule has 0 bridgehead atoms. The van der Waals surface area contributed by atoms with Crippen LogP contribution in [0, 0.1) is 13.8 Å². The van der Waals surface area contributed by atoms with Gasteiger partial charge in [0.2, 0.25) is 0 Å². The zero-order valence-electron chi connectivity index (χ0n) is 17.7. The van der Waals surface area contributed by atoms with Crippen LogP contribution in [0.3, 0.4) is 0 Å². The summed E-state index contributed by atoms with van der Waals surface area (Å²) in [5.41, 5.74) is 3.19. The smallest absolute Gasteiger partial charge is 0.406 e. The van der Waals surface area contributed by atoms with Crippen molar-refractivity contribution in [2.45, 2.75) is 20.2 Å². The zero-order chi connectivity index (χ0) is 23.8. The van der Waals surface area contributed by atoms with E-state index in [1.807, 2.05) is 26.0 Å². The number of alkyl halides is 3. The van der Waals surface area contributed by atoms with Crippen molar-refractivity contribution in [2.24, 2.45) is 0 Å². The molecule has 33 heavy (non-hydrogen) atoms. The lowest BCUT2D eigenvalue weighted by atomic mass is 10.0. The standard InChI is InChI=1S/C25H19F3N2O3/c1-15-8-6-13-20(16(15)2)29-22-21(17-9-4-3-5-10-17)23(31)30(24(22)32)18-11-7-12-19(14-18)33-25(26,27)28/h3-14,29H,1-2H3. The molecule has 168 valence electrons. The SMILES string of the molecule is Cc1cccc(NC2=C(c3ccccc3)C(=O)N(c3cccc(OC(F)(F)F)c3)C2=O)c1C. The fourth-order valence-corrected chi connectivity index (χ4v) is 3.59. The number of hydrogen-bond donors (Lipinski definition) is 1. The molecule has 0 saturated carbocycles. The Balaban J connectivity index is 1.79. The number of rotatable bonds is 5. The second-order valence-electron chi connectivity index (χ2n) is 7.48. The number of ether oxygens (including phenoxy) is 1. The predicted octanol–water partition coefficient (Wildman–Crippen LogP) is 5.60. The minimum absolute atomic E-state index is 0.0297. The summed E-state index contributed by atoms with van der Waals surface area (Å²) in [6.45, 7) is 3.81. The molecule has 0 aliphatic carbocycles. The van der Waals surface area contributed by atoms with Gasteiger partial charge >= 0.3 is 6.36 Å². The molecule has 0 saturated heterocycles. The highest BCUT2D eigenvalue weighted by Gasteiger charge is 2.41. The Morgan fingerprint density at radius 2 is 1.55 bits per heavy atom. The van der Waals surface area contributed by atoms with Gasteiger partial charge < -0.3 is 10.1 Å². The number of nitrogens with one attached hydrogen (secondary N) is 1. The van der Waals surface area contributed by atoms with Crippen molar-refractivity contribution in [3.63, 3.8) is 0 Å². The van der Waals surface area contributed by atoms with Crippen LogP contribution in [0.25, 0.3) is 5.57 Å². The van der Waals surface area contributed by atoms with Gasteiger partial charge in [0.05, 0.1) is 11.3 Å². The van der Waals surface area contributed by atoms with E-state index in [1.165, 1.54) is 12.1 Å². The Morgan fingerprint density at radius 1 is 0.848 bits per heavy atom. The molecule has 4 rings (SSSR count). The average molecular weight is 452 g/mol. The fourth-order valence-electron chi connectivity index (χ4n) is 3.59. The molecule has 1 N–H and O–H groups in total. The predicted molar refractivity (Wildman–Crippen MR) is 119 cm³/mol. The van der Waals surface area contributed by atoms with E-state index < -0.39 is 23.9 Å². The molecule has 2 amide bonds. The number of imide groups is 1. The molecular weight excluding hydrogens is 433 g/mol. The molecule has 3 aromatic carbocycles. The number of aryl methyl sites for hydroxylation is 1.